The first-order valence-electron chi connectivity index (χ1n) is 8.28. The zero-order valence-corrected chi connectivity index (χ0v) is 17.3. The second kappa shape index (κ2) is 8.51. The SMILES string of the molecule is O=C(NCCc1cccs1)N1CCN(S(=O)(=O)c2ccc(Br)cc2)CC1. The van der Waals surface area contributed by atoms with E-state index in [1.807, 2.05) is 17.5 Å². The fourth-order valence-corrected chi connectivity index (χ4v) is 5.14. The molecule has 140 valence electrons. The summed E-state index contributed by atoms with van der Waals surface area (Å²) in [4.78, 5) is 15.4. The first-order valence-corrected chi connectivity index (χ1v) is 11.4. The van der Waals surface area contributed by atoms with Gasteiger partial charge in [-0.05, 0) is 42.1 Å². The summed E-state index contributed by atoms with van der Waals surface area (Å²) >= 11 is 4.98. The van der Waals surface area contributed by atoms with Crippen LogP contribution >= 0.6 is 27.3 Å². The highest BCUT2D eigenvalue weighted by Crippen LogP contribution is 2.20. The highest BCUT2D eigenvalue weighted by molar-refractivity contribution is 9.10. The molecule has 2 aromatic rings. The van der Waals surface area contributed by atoms with Gasteiger partial charge in [0.1, 0.15) is 0 Å². The molecule has 2 heterocycles. The number of urea groups is 1. The molecule has 0 unspecified atom stereocenters. The van der Waals surface area contributed by atoms with Crippen LogP contribution < -0.4 is 5.32 Å². The average Bonchev–Trinajstić information content (AvgIpc) is 3.15. The second-order valence-electron chi connectivity index (χ2n) is 5.91. The molecule has 0 aliphatic carbocycles. The molecule has 3 rings (SSSR count). The van der Waals surface area contributed by atoms with Crippen LogP contribution in [0.1, 0.15) is 4.88 Å². The van der Waals surface area contributed by atoms with E-state index in [-0.39, 0.29) is 10.9 Å². The van der Waals surface area contributed by atoms with Crippen molar-refractivity contribution in [2.24, 2.45) is 0 Å². The minimum Gasteiger partial charge on any atom is -0.338 e. The Balaban J connectivity index is 1.50. The normalized spacial score (nSPS) is 15.8. The Hall–Kier alpha value is -1.42. The van der Waals surface area contributed by atoms with Gasteiger partial charge in [0.05, 0.1) is 4.90 Å². The van der Waals surface area contributed by atoms with E-state index in [2.05, 4.69) is 21.2 Å². The number of nitrogens with one attached hydrogen (secondary N) is 1. The predicted octanol–water partition coefficient (Wildman–Crippen LogP) is 2.77. The van der Waals surface area contributed by atoms with Crippen molar-refractivity contribution in [2.45, 2.75) is 11.3 Å². The fraction of sp³-hybridized carbons (Fsp3) is 0.353. The molecule has 2 amide bonds. The van der Waals surface area contributed by atoms with Crippen molar-refractivity contribution in [1.82, 2.24) is 14.5 Å². The number of amides is 2. The minimum atomic E-state index is -3.52. The summed E-state index contributed by atoms with van der Waals surface area (Å²) in [6.07, 6.45) is 0.807. The van der Waals surface area contributed by atoms with E-state index in [4.69, 9.17) is 0 Å². The summed E-state index contributed by atoms with van der Waals surface area (Å²) in [6, 6.07) is 10.5. The van der Waals surface area contributed by atoms with Crippen LogP contribution in [-0.4, -0.2) is 56.4 Å². The van der Waals surface area contributed by atoms with Gasteiger partial charge in [-0.3, -0.25) is 0 Å². The molecule has 0 saturated carbocycles. The number of thiophene rings is 1. The lowest BCUT2D eigenvalue weighted by molar-refractivity contribution is 0.172. The van der Waals surface area contributed by atoms with Crippen molar-refractivity contribution in [3.8, 4) is 0 Å². The maximum atomic E-state index is 12.7. The monoisotopic (exact) mass is 457 g/mol. The lowest BCUT2D eigenvalue weighted by atomic mass is 10.3. The third-order valence-corrected chi connectivity index (χ3v) is 7.58. The zero-order valence-electron chi connectivity index (χ0n) is 14.1. The van der Waals surface area contributed by atoms with Gasteiger partial charge >= 0.3 is 6.03 Å². The largest absolute Gasteiger partial charge is 0.338 e. The number of nitrogens with zero attached hydrogens (tertiary/aromatic N) is 2. The Morgan fingerprint density at radius 1 is 1.12 bits per heavy atom. The number of hydrogen-bond acceptors (Lipinski definition) is 4. The van der Waals surface area contributed by atoms with Gasteiger partial charge in [0.25, 0.3) is 0 Å². The van der Waals surface area contributed by atoms with Gasteiger partial charge < -0.3 is 10.2 Å². The van der Waals surface area contributed by atoms with Crippen LogP contribution in [0, 0.1) is 0 Å². The quantitative estimate of drug-likeness (QED) is 0.749. The molecule has 0 bridgehead atoms. The van der Waals surface area contributed by atoms with Crippen LogP contribution in [0.2, 0.25) is 0 Å². The van der Waals surface area contributed by atoms with E-state index >= 15 is 0 Å². The van der Waals surface area contributed by atoms with Crippen molar-refractivity contribution in [3.63, 3.8) is 0 Å². The van der Waals surface area contributed by atoms with E-state index in [1.54, 1.807) is 40.5 Å². The summed E-state index contributed by atoms with van der Waals surface area (Å²) in [5.74, 6) is 0. The Morgan fingerprint density at radius 2 is 1.81 bits per heavy atom. The number of carbonyl (C=O) groups excluding carboxylic acids is 1. The summed E-state index contributed by atoms with van der Waals surface area (Å²) in [7, 11) is -3.52. The molecule has 6 nitrogen and oxygen atoms in total. The van der Waals surface area contributed by atoms with E-state index in [9.17, 15) is 13.2 Å². The molecule has 1 aliphatic rings. The molecule has 0 radical (unpaired) electrons. The van der Waals surface area contributed by atoms with Crippen LogP contribution in [0.3, 0.4) is 0 Å². The smallest absolute Gasteiger partial charge is 0.317 e. The van der Waals surface area contributed by atoms with Gasteiger partial charge in [-0.2, -0.15) is 4.31 Å². The van der Waals surface area contributed by atoms with Crippen molar-refractivity contribution >= 4 is 43.3 Å². The molecular formula is C17H20BrN3O3S2. The fourth-order valence-electron chi connectivity index (χ4n) is 2.75. The minimum absolute atomic E-state index is 0.137. The predicted molar refractivity (Wildman–Crippen MR) is 106 cm³/mol. The molecule has 1 fully saturated rings. The van der Waals surface area contributed by atoms with Crippen molar-refractivity contribution in [1.29, 1.82) is 0 Å². The van der Waals surface area contributed by atoms with Gasteiger partial charge in [0.15, 0.2) is 0 Å². The topological polar surface area (TPSA) is 69.7 Å². The standard InChI is InChI=1S/C17H20BrN3O3S2/c18-14-3-5-16(6-4-14)26(23,24)21-11-9-20(10-12-21)17(22)19-8-7-15-2-1-13-25-15/h1-6,13H,7-12H2,(H,19,22). The van der Waals surface area contributed by atoms with Crippen molar-refractivity contribution < 1.29 is 13.2 Å². The highest BCUT2D eigenvalue weighted by atomic mass is 79.9. The third-order valence-electron chi connectivity index (χ3n) is 4.20. The number of benzene rings is 1. The first kappa shape index (κ1) is 19.3. The van der Waals surface area contributed by atoms with Gasteiger partial charge in [-0.25, -0.2) is 13.2 Å². The van der Waals surface area contributed by atoms with Crippen LogP contribution in [0.15, 0.2) is 51.1 Å². The lowest BCUT2D eigenvalue weighted by Gasteiger charge is -2.34. The summed E-state index contributed by atoms with van der Waals surface area (Å²) in [6.45, 7) is 1.96. The molecule has 0 spiro atoms. The molecule has 1 saturated heterocycles. The molecule has 1 aromatic heterocycles. The summed E-state index contributed by atoms with van der Waals surface area (Å²) in [5.41, 5.74) is 0. The van der Waals surface area contributed by atoms with Crippen LogP contribution in [0.5, 0.6) is 0 Å². The maximum absolute atomic E-state index is 12.7. The van der Waals surface area contributed by atoms with Crippen LogP contribution in [-0.2, 0) is 16.4 Å². The van der Waals surface area contributed by atoms with Gasteiger partial charge in [-0.15, -0.1) is 11.3 Å². The number of piperazine rings is 1. The van der Waals surface area contributed by atoms with E-state index in [1.165, 1.54) is 9.18 Å². The van der Waals surface area contributed by atoms with Gasteiger partial charge in [-0.1, -0.05) is 22.0 Å². The highest BCUT2D eigenvalue weighted by Gasteiger charge is 2.29. The maximum Gasteiger partial charge on any atom is 0.317 e. The number of carbonyl (C=O) groups is 1. The molecule has 0 atom stereocenters. The van der Waals surface area contributed by atoms with Gasteiger partial charge in [0, 0.05) is 42.1 Å². The number of hydrogen-bond donors (Lipinski definition) is 1. The zero-order chi connectivity index (χ0) is 18.6. The van der Waals surface area contributed by atoms with E-state index < -0.39 is 10.0 Å². The lowest BCUT2D eigenvalue weighted by Crippen LogP contribution is -2.53. The van der Waals surface area contributed by atoms with Crippen LogP contribution in [0.25, 0.3) is 0 Å². The second-order valence-corrected chi connectivity index (χ2v) is 9.79. The molecule has 9 heteroatoms. The van der Waals surface area contributed by atoms with Crippen molar-refractivity contribution in [2.75, 3.05) is 32.7 Å². The summed E-state index contributed by atoms with van der Waals surface area (Å²) in [5, 5.41) is 4.92. The molecule has 1 aromatic carbocycles. The molecule has 1 N–H and O–H groups in total. The molecular weight excluding hydrogens is 438 g/mol. The Morgan fingerprint density at radius 3 is 2.42 bits per heavy atom. The Bertz CT molecular complexity index is 831. The van der Waals surface area contributed by atoms with Crippen LogP contribution in [0.4, 0.5) is 4.79 Å². The van der Waals surface area contributed by atoms with E-state index in [0.29, 0.717) is 32.7 Å². The molecule has 26 heavy (non-hydrogen) atoms. The summed E-state index contributed by atoms with van der Waals surface area (Å²) < 4.78 is 27.6. The average molecular weight is 458 g/mol. The Kier molecular flexibility index (Phi) is 6.33. The first-order chi connectivity index (χ1) is 12.5. The Labute approximate surface area is 166 Å². The van der Waals surface area contributed by atoms with Gasteiger partial charge in [0.2, 0.25) is 10.0 Å². The third kappa shape index (κ3) is 4.64. The molecule has 1 aliphatic heterocycles. The number of halogens is 1. The number of sulfonamides is 1. The number of rotatable bonds is 5. The van der Waals surface area contributed by atoms with Crippen molar-refractivity contribution in [3.05, 3.63) is 51.1 Å². The van der Waals surface area contributed by atoms with E-state index in [0.717, 1.165) is 10.9 Å².